The van der Waals surface area contributed by atoms with E-state index in [9.17, 15) is 4.79 Å². The van der Waals surface area contributed by atoms with Crippen LogP contribution in [0, 0.1) is 0 Å². The number of imidazole rings is 1. The number of benzene rings is 1. The number of aliphatic hydroxyl groups excluding tert-OH is 1. The van der Waals surface area contributed by atoms with Crippen LogP contribution in [0.2, 0.25) is 0 Å². The van der Waals surface area contributed by atoms with Crippen LogP contribution < -0.4 is 5.73 Å². The van der Waals surface area contributed by atoms with Crippen molar-refractivity contribution < 1.29 is 15.0 Å². The highest BCUT2D eigenvalue weighted by Crippen LogP contribution is 2.19. The highest BCUT2D eigenvalue weighted by atomic mass is 16.4. The third kappa shape index (κ3) is 2.07. The highest BCUT2D eigenvalue weighted by molar-refractivity contribution is 5.92. The molecule has 0 amide bonds. The van der Waals surface area contributed by atoms with E-state index in [-0.39, 0.29) is 12.2 Å². The summed E-state index contributed by atoms with van der Waals surface area (Å²) in [6.45, 7) is 0.636. The van der Waals surface area contributed by atoms with Gasteiger partial charge >= 0.3 is 5.97 Å². The van der Waals surface area contributed by atoms with E-state index in [1.54, 1.807) is 10.6 Å². The zero-order valence-corrected chi connectivity index (χ0v) is 9.13. The Morgan fingerprint density at radius 2 is 2.24 bits per heavy atom. The molecule has 17 heavy (non-hydrogen) atoms. The summed E-state index contributed by atoms with van der Waals surface area (Å²) in [6.07, 6.45) is 0.580. The Kier molecular flexibility index (Phi) is 2.97. The lowest BCUT2D eigenvalue weighted by Gasteiger charge is -2.04. The molecular weight excluding hydrogens is 222 g/mol. The molecule has 6 nitrogen and oxygen atoms in total. The Labute approximate surface area is 97.3 Å². The van der Waals surface area contributed by atoms with Gasteiger partial charge in [-0.05, 0) is 24.6 Å². The molecule has 0 radical (unpaired) electrons. The lowest BCUT2D eigenvalue weighted by Crippen LogP contribution is -2.04. The molecule has 0 saturated carbocycles. The molecule has 0 atom stereocenters. The van der Waals surface area contributed by atoms with Gasteiger partial charge in [-0.2, -0.15) is 0 Å². The van der Waals surface area contributed by atoms with E-state index in [4.69, 9.17) is 15.9 Å². The van der Waals surface area contributed by atoms with Gasteiger partial charge in [0.1, 0.15) is 0 Å². The third-order valence-corrected chi connectivity index (χ3v) is 2.56. The van der Waals surface area contributed by atoms with E-state index in [0.717, 1.165) is 5.52 Å². The summed E-state index contributed by atoms with van der Waals surface area (Å²) >= 11 is 0. The maximum Gasteiger partial charge on any atom is 0.335 e. The second-order valence-corrected chi connectivity index (χ2v) is 3.71. The maximum absolute atomic E-state index is 10.8. The summed E-state index contributed by atoms with van der Waals surface area (Å²) < 4.78 is 1.76. The lowest BCUT2D eigenvalue weighted by molar-refractivity contribution is 0.0697. The van der Waals surface area contributed by atoms with Gasteiger partial charge in [-0.3, -0.25) is 0 Å². The van der Waals surface area contributed by atoms with Gasteiger partial charge in [0.25, 0.3) is 0 Å². The Bertz CT molecular complexity index is 562. The fourth-order valence-electron chi connectivity index (χ4n) is 1.75. The van der Waals surface area contributed by atoms with Crippen molar-refractivity contribution in [1.82, 2.24) is 9.55 Å². The van der Waals surface area contributed by atoms with Crippen LogP contribution in [0.3, 0.4) is 0 Å². The minimum atomic E-state index is -0.990. The predicted molar refractivity (Wildman–Crippen MR) is 62.8 cm³/mol. The molecule has 0 fully saturated rings. The lowest BCUT2D eigenvalue weighted by atomic mass is 10.2. The number of rotatable bonds is 4. The molecule has 90 valence electrons. The number of fused-ring (bicyclic) bond motifs is 1. The number of aliphatic hydroxyl groups is 1. The molecule has 0 aliphatic heterocycles. The Balaban J connectivity index is 2.48. The number of aryl methyl sites for hydroxylation is 1. The van der Waals surface area contributed by atoms with Crippen LogP contribution in [0.1, 0.15) is 16.8 Å². The number of carbonyl (C=O) groups is 1. The molecule has 0 saturated heterocycles. The molecule has 2 aromatic rings. The SMILES string of the molecule is Nc1nc2cc(C(=O)O)ccc2n1CCCO. The first-order valence-electron chi connectivity index (χ1n) is 5.23. The smallest absolute Gasteiger partial charge is 0.335 e. The van der Waals surface area contributed by atoms with E-state index < -0.39 is 5.97 Å². The monoisotopic (exact) mass is 235 g/mol. The predicted octanol–water partition coefficient (Wildman–Crippen LogP) is 0.699. The van der Waals surface area contributed by atoms with Gasteiger partial charge in [0.15, 0.2) is 0 Å². The van der Waals surface area contributed by atoms with Gasteiger partial charge in [-0.15, -0.1) is 0 Å². The molecular formula is C11H13N3O3. The van der Waals surface area contributed by atoms with Crippen LogP contribution in [0.25, 0.3) is 11.0 Å². The fourth-order valence-corrected chi connectivity index (χ4v) is 1.75. The zero-order chi connectivity index (χ0) is 12.4. The minimum absolute atomic E-state index is 0.0757. The van der Waals surface area contributed by atoms with E-state index in [0.29, 0.717) is 24.4 Å². The fraction of sp³-hybridized carbons (Fsp3) is 0.273. The maximum atomic E-state index is 10.8. The molecule has 4 N–H and O–H groups in total. The van der Waals surface area contributed by atoms with E-state index in [1.807, 2.05) is 0 Å². The van der Waals surface area contributed by atoms with Gasteiger partial charge in [-0.25, -0.2) is 9.78 Å². The molecule has 0 aliphatic rings. The Morgan fingerprint density at radius 3 is 2.88 bits per heavy atom. The number of nitrogens with two attached hydrogens (primary N) is 1. The normalized spacial score (nSPS) is 10.9. The van der Waals surface area contributed by atoms with Crippen molar-refractivity contribution in [2.24, 2.45) is 0 Å². The molecule has 1 aromatic heterocycles. The highest BCUT2D eigenvalue weighted by Gasteiger charge is 2.10. The van der Waals surface area contributed by atoms with E-state index in [2.05, 4.69) is 4.98 Å². The van der Waals surface area contributed by atoms with Crippen molar-refractivity contribution in [2.75, 3.05) is 12.3 Å². The van der Waals surface area contributed by atoms with Crippen LogP contribution in [0.5, 0.6) is 0 Å². The van der Waals surface area contributed by atoms with Crippen molar-refractivity contribution in [3.63, 3.8) is 0 Å². The number of nitrogens with zero attached hydrogens (tertiary/aromatic N) is 2. The quantitative estimate of drug-likeness (QED) is 0.724. The number of carboxylic acid groups (broad SMARTS) is 1. The van der Waals surface area contributed by atoms with E-state index >= 15 is 0 Å². The summed E-state index contributed by atoms with van der Waals surface area (Å²) in [5.41, 5.74) is 7.26. The number of hydrogen-bond donors (Lipinski definition) is 3. The summed E-state index contributed by atoms with van der Waals surface area (Å²) in [5.74, 6) is -0.661. The number of hydrogen-bond acceptors (Lipinski definition) is 4. The van der Waals surface area contributed by atoms with Crippen LogP contribution in [0.4, 0.5) is 5.95 Å². The first kappa shape index (κ1) is 11.4. The van der Waals surface area contributed by atoms with Gasteiger partial charge in [0.05, 0.1) is 16.6 Å². The number of anilines is 1. The molecule has 6 heteroatoms. The first-order chi connectivity index (χ1) is 8.13. The third-order valence-electron chi connectivity index (χ3n) is 2.56. The van der Waals surface area contributed by atoms with Gasteiger partial charge < -0.3 is 20.5 Å². The van der Waals surface area contributed by atoms with E-state index in [1.165, 1.54) is 12.1 Å². The summed E-state index contributed by atoms with van der Waals surface area (Å²) in [7, 11) is 0. The average molecular weight is 235 g/mol. The number of aromatic carboxylic acids is 1. The van der Waals surface area contributed by atoms with Crippen LogP contribution in [-0.4, -0.2) is 32.3 Å². The largest absolute Gasteiger partial charge is 0.478 e. The van der Waals surface area contributed by atoms with Gasteiger partial charge in [0.2, 0.25) is 5.95 Å². The van der Waals surface area contributed by atoms with Crippen molar-refractivity contribution in [2.45, 2.75) is 13.0 Å². The molecule has 0 aliphatic carbocycles. The minimum Gasteiger partial charge on any atom is -0.478 e. The molecule has 0 bridgehead atoms. The summed E-state index contributed by atoms with van der Waals surface area (Å²) in [5, 5.41) is 17.7. The number of nitrogen functional groups attached to an aromatic ring is 1. The van der Waals surface area contributed by atoms with Crippen molar-refractivity contribution in [3.8, 4) is 0 Å². The molecule has 1 aromatic carbocycles. The number of aromatic nitrogens is 2. The second-order valence-electron chi connectivity index (χ2n) is 3.71. The molecule has 0 spiro atoms. The van der Waals surface area contributed by atoms with Gasteiger partial charge in [-0.1, -0.05) is 0 Å². The standard InChI is InChI=1S/C11H13N3O3/c12-11-13-8-6-7(10(16)17)2-3-9(8)14(11)4-1-5-15/h2-3,6,15H,1,4-5H2,(H2,12,13)(H,16,17). The molecule has 2 rings (SSSR count). The van der Waals surface area contributed by atoms with Crippen molar-refractivity contribution in [1.29, 1.82) is 0 Å². The van der Waals surface area contributed by atoms with Gasteiger partial charge in [0, 0.05) is 13.2 Å². The zero-order valence-electron chi connectivity index (χ0n) is 9.13. The van der Waals surface area contributed by atoms with Crippen molar-refractivity contribution in [3.05, 3.63) is 23.8 Å². The Hall–Kier alpha value is -2.08. The Morgan fingerprint density at radius 1 is 1.47 bits per heavy atom. The summed E-state index contributed by atoms with van der Waals surface area (Å²) in [4.78, 5) is 14.9. The van der Waals surface area contributed by atoms with Crippen molar-refractivity contribution >= 4 is 23.0 Å². The topological polar surface area (TPSA) is 101 Å². The first-order valence-corrected chi connectivity index (χ1v) is 5.23. The average Bonchev–Trinajstić information content (AvgIpc) is 2.61. The van der Waals surface area contributed by atoms with Crippen LogP contribution in [-0.2, 0) is 6.54 Å². The summed E-state index contributed by atoms with van der Waals surface area (Å²) in [6, 6.07) is 4.68. The van der Waals surface area contributed by atoms with Crippen LogP contribution in [0.15, 0.2) is 18.2 Å². The molecule has 0 unspecified atom stereocenters. The second kappa shape index (κ2) is 4.42. The van der Waals surface area contributed by atoms with Crippen LogP contribution >= 0.6 is 0 Å². The number of carboxylic acids is 1. The molecule has 1 heterocycles.